The Kier molecular flexibility index (Phi) is 5.26. The Morgan fingerprint density at radius 1 is 0.484 bits per heavy atom. The predicted octanol–water partition coefficient (Wildman–Crippen LogP) is 7.19. The normalized spacial score (nSPS) is 10.7. The molecule has 0 aliphatic heterocycles. The van der Waals surface area contributed by atoms with E-state index in [0.717, 1.165) is 44.8 Å². The summed E-state index contributed by atoms with van der Waals surface area (Å²) in [5.74, 6) is 0. The minimum Gasteiger partial charge on any atom is -0.264 e. The molecule has 0 amide bonds. The second kappa shape index (κ2) is 8.50. The predicted molar refractivity (Wildman–Crippen MR) is 127 cm³/mol. The molecule has 3 nitrogen and oxygen atoms in total. The molecule has 0 saturated heterocycles. The lowest BCUT2D eigenvalue weighted by Crippen LogP contribution is -1.90. The van der Waals surface area contributed by atoms with Crippen LogP contribution in [0, 0.1) is 0 Å². The second-order valence-corrected chi connectivity index (χ2v) is 7.63. The number of aromatic nitrogens is 3. The van der Waals surface area contributed by atoms with Crippen molar-refractivity contribution < 1.29 is 0 Å². The molecule has 5 aromatic rings. The highest BCUT2D eigenvalue weighted by Gasteiger charge is 2.08. The molecule has 0 saturated carbocycles. The Morgan fingerprint density at radius 3 is 1.29 bits per heavy atom. The van der Waals surface area contributed by atoms with Gasteiger partial charge in [0.05, 0.1) is 11.4 Å². The Morgan fingerprint density at radius 2 is 0.903 bits per heavy atom. The van der Waals surface area contributed by atoms with E-state index in [2.05, 4.69) is 58.5 Å². The summed E-state index contributed by atoms with van der Waals surface area (Å²) in [6.07, 6.45) is 7.27. The molecule has 0 fully saturated rings. The maximum absolute atomic E-state index is 6.45. The topological polar surface area (TPSA) is 38.7 Å². The summed E-state index contributed by atoms with van der Waals surface area (Å²) in [6.45, 7) is 0. The average molecular weight is 420 g/mol. The van der Waals surface area contributed by atoms with Crippen LogP contribution in [0.5, 0.6) is 0 Å². The van der Waals surface area contributed by atoms with E-state index in [1.807, 2.05) is 48.8 Å². The van der Waals surface area contributed by atoms with Gasteiger partial charge in [0.15, 0.2) is 0 Å². The van der Waals surface area contributed by atoms with Crippen molar-refractivity contribution in [3.63, 3.8) is 0 Å². The Hall–Kier alpha value is -3.82. The summed E-state index contributed by atoms with van der Waals surface area (Å²) in [6, 6.07) is 28.4. The first-order valence-corrected chi connectivity index (χ1v) is 10.3. The highest BCUT2D eigenvalue weighted by Crippen LogP contribution is 2.30. The molecule has 148 valence electrons. The summed E-state index contributed by atoms with van der Waals surface area (Å²) < 4.78 is 0. The number of hydrogen-bond acceptors (Lipinski definition) is 3. The molecule has 0 atom stereocenters. The largest absolute Gasteiger partial charge is 0.264 e. The van der Waals surface area contributed by atoms with Crippen molar-refractivity contribution in [2.75, 3.05) is 0 Å². The standard InChI is InChI=1S/C27H18ClN3/c28-25-15-26(21-9-5-19(6-10-21)23-3-1-13-29-17-23)31-27(16-25)22-11-7-20(8-12-22)24-4-2-14-30-18-24/h1-18H. The minimum absolute atomic E-state index is 0.660. The van der Waals surface area contributed by atoms with Gasteiger partial charge in [0, 0.05) is 40.9 Å². The summed E-state index contributed by atoms with van der Waals surface area (Å²) in [5, 5.41) is 0.660. The third-order valence-corrected chi connectivity index (χ3v) is 5.36. The smallest absolute Gasteiger partial charge is 0.0724 e. The molecule has 0 aliphatic rings. The van der Waals surface area contributed by atoms with Gasteiger partial charge >= 0.3 is 0 Å². The van der Waals surface area contributed by atoms with Crippen molar-refractivity contribution in [3.05, 3.63) is 115 Å². The molecule has 0 aliphatic carbocycles. The second-order valence-electron chi connectivity index (χ2n) is 7.19. The van der Waals surface area contributed by atoms with E-state index in [0.29, 0.717) is 5.02 Å². The van der Waals surface area contributed by atoms with E-state index in [4.69, 9.17) is 16.6 Å². The fourth-order valence-electron chi connectivity index (χ4n) is 3.53. The van der Waals surface area contributed by atoms with Gasteiger partial charge in [-0.3, -0.25) is 9.97 Å². The first-order valence-electron chi connectivity index (χ1n) is 9.95. The summed E-state index contributed by atoms with van der Waals surface area (Å²) in [7, 11) is 0. The number of halogens is 1. The van der Waals surface area contributed by atoms with Crippen molar-refractivity contribution >= 4 is 11.6 Å². The van der Waals surface area contributed by atoms with Crippen molar-refractivity contribution in [2.45, 2.75) is 0 Å². The summed E-state index contributed by atoms with van der Waals surface area (Å²) in [4.78, 5) is 13.3. The van der Waals surface area contributed by atoms with Crippen molar-refractivity contribution in [3.8, 4) is 44.8 Å². The zero-order valence-electron chi connectivity index (χ0n) is 16.6. The number of rotatable bonds is 4. The van der Waals surface area contributed by atoms with Crippen LogP contribution in [0.2, 0.25) is 5.02 Å². The molecule has 0 bridgehead atoms. The third kappa shape index (κ3) is 4.23. The SMILES string of the molecule is Clc1cc(-c2ccc(-c3cccnc3)cc2)nc(-c2ccc(-c3cccnc3)cc2)c1. The number of nitrogens with zero attached hydrogens (tertiary/aromatic N) is 3. The zero-order valence-corrected chi connectivity index (χ0v) is 17.4. The first kappa shape index (κ1) is 19.2. The molecule has 5 rings (SSSR count). The maximum Gasteiger partial charge on any atom is 0.0724 e. The van der Waals surface area contributed by atoms with Crippen molar-refractivity contribution in [1.82, 2.24) is 15.0 Å². The van der Waals surface area contributed by atoms with Gasteiger partial charge in [0.2, 0.25) is 0 Å². The Bertz CT molecular complexity index is 1200. The molecular weight excluding hydrogens is 402 g/mol. The fraction of sp³-hybridized carbons (Fsp3) is 0. The van der Waals surface area contributed by atoms with Gasteiger partial charge in [0.1, 0.15) is 0 Å². The van der Waals surface area contributed by atoms with Crippen LogP contribution in [0.1, 0.15) is 0 Å². The fourth-order valence-corrected chi connectivity index (χ4v) is 3.73. The van der Waals surface area contributed by atoms with Crippen LogP contribution in [0.25, 0.3) is 44.8 Å². The molecule has 3 heterocycles. The van der Waals surface area contributed by atoms with E-state index < -0.39 is 0 Å². The molecule has 0 radical (unpaired) electrons. The average Bonchev–Trinajstić information content (AvgIpc) is 2.85. The van der Waals surface area contributed by atoms with Crippen LogP contribution in [0.15, 0.2) is 110 Å². The van der Waals surface area contributed by atoms with Gasteiger partial charge < -0.3 is 0 Å². The van der Waals surface area contributed by atoms with E-state index in [1.165, 1.54) is 0 Å². The maximum atomic E-state index is 6.45. The molecule has 0 N–H and O–H groups in total. The molecule has 0 unspecified atom stereocenters. The minimum atomic E-state index is 0.660. The first-order chi connectivity index (χ1) is 15.3. The van der Waals surface area contributed by atoms with Crippen LogP contribution < -0.4 is 0 Å². The molecule has 2 aromatic carbocycles. The monoisotopic (exact) mass is 419 g/mol. The van der Waals surface area contributed by atoms with Crippen LogP contribution >= 0.6 is 11.6 Å². The lowest BCUT2D eigenvalue weighted by Gasteiger charge is -2.09. The van der Waals surface area contributed by atoms with E-state index in [9.17, 15) is 0 Å². The summed E-state index contributed by atoms with van der Waals surface area (Å²) in [5.41, 5.74) is 8.13. The number of benzene rings is 2. The van der Waals surface area contributed by atoms with Gasteiger partial charge in [-0.05, 0) is 46.5 Å². The van der Waals surface area contributed by atoms with E-state index in [-0.39, 0.29) is 0 Å². The number of hydrogen-bond donors (Lipinski definition) is 0. The van der Waals surface area contributed by atoms with Gasteiger partial charge in [-0.1, -0.05) is 72.3 Å². The molecular formula is C27H18ClN3. The van der Waals surface area contributed by atoms with Crippen LogP contribution in [-0.4, -0.2) is 15.0 Å². The van der Waals surface area contributed by atoms with Crippen LogP contribution in [0.3, 0.4) is 0 Å². The van der Waals surface area contributed by atoms with Gasteiger partial charge in [-0.2, -0.15) is 0 Å². The highest BCUT2D eigenvalue weighted by atomic mass is 35.5. The van der Waals surface area contributed by atoms with E-state index >= 15 is 0 Å². The van der Waals surface area contributed by atoms with Crippen LogP contribution in [0.4, 0.5) is 0 Å². The Labute approximate surface area is 186 Å². The summed E-state index contributed by atoms with van der Waals surface area (Å²) >= 11 is 6.45. The highest BCUT2D eigenvalue weighted by molar-refractivity contribution is 6.31. The molecule has 3 aromatic heterocycles. The lowest BCUT2D eigenvalue weighted by molar-refractivity contribution is 1.31. The number of pyridine rings is 3. The Balaban J connectivity index is 1.45. The molecule has 4 heteroatoms. The van der Waals surface area contributed by atoms with E-state index in [1.54, 1.807) is 12.4 Å². The van der Waals surface area contributed by atoms with Crippen molar-refractivity contribution in [1.29, 1.82) is 0 Å². The zero-order chi connectivity index (χ0) is 21.0. The van der Waals surface area contributed by atoms with Gasteiger partial charge in [0.25, 0.3) is 0 Å². The van der Waals surface area contributed by atoms with Gasteiger partial charge in [-0.25, -0.2) is 4.98 Å². The van der Waals surface area contributed by atoms with Crippen molar-refractivity contribution in [2.24, 2.45) is 0 Å². The molecule has 0 spiro atoms. The van der Waals surface area contributed by atoms with Gasteiger partial charge in [-0.15, -0.1) is 0 Å². The lowest BCUT2D eigenvalue weighted by atomic mass is 10.0. The quantitative estimate of drug-likeness (QED) is 0.309. The molecule has 31 heavy (non-hydrogen) atoms. The van der Waals surface area contributed by atoms with Crippen LogP contribution in [-0.2, 0) is 0 Å². The third-order valence-electron chi connectivity index (χ3n) is 5.14.